The molecule has 118 valence electrons. The van der Waals surface area contributed by atoms with Gasteiger partial charge >= 0.3 is 6.09 Å². The normalized spacial score (nSPS) is 14.3. The molecule has 0 spiro atoms. The van der Waals surface area contributed by atoms with Crippen LogP contribution in [0, 0.1) is 0 Å². The number of nitrogens with one attached hydrogen (secondary N) is 1. The third-order valence-electron chi connectivity index (χ3n) is 2.61. The van der Waals surface area contributed by atoms with Crippen molar-refractivity contribution < 1.29 is 24.9 Å². The van der Waals surface area contributed by atoms with Crippen LogP contribution < -0.4 is 11.1 Å². The topological polar surface area (TPSA) is 125 Å². The second-order valence-corrected chi connectivity index (χ2v) is 5.71. The van der Waals surface area contributed by atoms with E-state index in [0.717, 1.165) is 0 Å². The number of hydrogen-bond donors (Lipinski definition) is 5. The van der Waals surface area contributed by atoms with Crippen LogP contribution in [0.25, 0.3) is 0 Å². The van der Waals surface area contributed by atoms with Crippen molar-refractivity contribution in [1.29, 1.82) is 0 Å². The first-order valence-electron chi connectivity index (χ1n) is 6.51. The van der Waals surface area contributed by atoms with Gasteiger partial charge in [0.25, 0.3) is 0 Å². The molecule has 2 atom stereocenters. The number of alkyl carbamates (subject to hydrolysis) is 1. The highest BCUT2D eigenvalue weighted by Gasteiger charge is 2.23. The molecular weight excluding hydrogens is 276 g/mol. The van der Waals surface area contributed by atoms with Crippen LogP contribution in [-0.2, 0) is 4.74 Å². The Morgan fingerprint density at radius 1 is 1.38 bits per heavy atom. The number of nitrogens with two attached hydrogens (primary N) is 1. The lowest BCUT2D eigenvalue weighted by Gasteiger charge is -2.22. The fraction of sp³-hybridized carbons (Fsp3) is 0.500. The number of aliphatic hydroxyl groups excluding tert-OH is 2. The number of nitrogen functional groups attached to an aromatic ring is 1. The molecule has 2 unspecified atom stereocenters. The van der Waals surface area contributed by atoms with E-state index in [-0.39, 0.29) is 23.5 Å². The molecule has 1 aromatic carbocycles. The maximum absolute atomic E-state index is 11.5. The minimum Gasteiger partial charge on any atom is -0.508 e. The fourth-order valence-corrected chi connectivity index (χ4v) is 1.65. The Morgan fingerprint density at radius 2 is 2.00 bits per heavy atom. The van der Waals surface area contributed by atoms with Gasteiger partial charge in [-0.05, 0) is 26.8 Å². The van der Waals surface area contributed by atoms with Gasteiger partial charge in [-0.25, -0.2) is 4.79 Å². The second kappa shape index (κ2) is 6.64. The van der Waals surface area contributed by atoms with Crippen LogP contribution in [0.4, 0.5) is 10.5 Å². The Labute approximate surface area is 123 Å². The monoisotopic (exact) mass is 298 g/mol. The molecule has 6 N–H and O–H groups in total. The lowest BCUT2D eigenvalue weighted by atomic mass is 10.0. The standard InChI is InChI=1S/C14H22N2O5/c1-14(2,3)21-13(20)16-7-11(18)12(19)9-5-4-8(17)6-10(9)15/h4-6,11-12,17-19H,7,15H2,1-3H3,(H,16,20). The van der Waals surface area contributed by atoms with Crippen LogP contribution in [0.5, 0.6) is 5.75 Å². The highest BCUT2D eigenvalue weighted by atomic mass is 16.6. The summed E-state index contributed by atoms with van der Waals surface area (Å²) < 4.78 is 5.01. The van der Waals surface area contributed by atoms with E-state index in [4.69, 9.17) is 10.5 Å². The number of aromatic hydroxyl groups is 1. The smallest absolute Gasteiger partial charge is 0.407 e. The van der Waals surface area contributed by atoms with E-state index in [1.54, 1.807) is 20.8 Å². The zero-order chi connectivity index (χ0) is 16.2. The molecule has 0 aliphatic heterocycles. The van der Waals surface area contributed by atoms with Gasteiger partial charge < -0.3 is 31.1 Å². The van der Waals surface area contributed by atoms with Crippen molar-refractivity contribution in [2.45, 2.75) is 38.6 Å². The molecule has 0 heterocycles. The summed E-state index contributed by atoms with van der Waals surface area (Å²) in [7, 11) is 0. The zero-order valence-electron chi connectivity index (χ0n) is 12.3. The fourth-order valence-electron chi connectivity index (χ4n) is 1.65. The van der Waals surface area contributed by atoms with E-state index < -0.39 is 23.9 Å². The molecule has 0 saturated heterocycles. The zero-order valence-corrected chi connectivity index (χ0v) is 12.3. The number of phenols is 1. The highest BCUT2D eigenvalue weighted by molar-refractivity contribution is 5.67. The van der Waals surface area contributed by atoms with E-state index >= 15 is 0 Å². The van der Waals surface area contributed by atoms with Gasteiger partial charge in [0.05, 0.1) is 0 Å². The van der Waals surface area contributed by atoms with Crippen LogP contribution >= 0.6 is 0 Å². The lowest BCUT2D eigenvalue weighted by Crippen LogP contribution is -2.39. The molecule has 0 bridgehead atoms. The number of amides is 1. The van der Waals surface area contributed by atoms with Crippen molar-refractivity contribution in [2.75, 3.05) is 12.3 Å². The number of phenolic OH excluding ortho intramolecular Hbond substituents is 1. The summed E-state index contributed by atoms with van der Waals surface area (Å²) >= 11 is 0. The van der Waals surface area contributed by atoms with Crippen LogP contribution in [0.1, 0.15) is 32.4 Å². The average molecular weight is 298 g/mol. The van der Waals surface area contributed by atoms with Gasteiger partial charge in [0.2, 0.25) is 0 Å². The first-order valence-corrected chi connectivity index (χ1v) is 6.51. The molecule has 21 heavy (non-hydrogen) atoms. The van der Waals surface area contributed by atoms with Crippen LogP contribution in [-0.4, -0.2) is 39.7 Å². The van der Waals surface area contributed by atoms with Crippen molar-refractivity contribution >= 4 is 11.8 Å². The largest absolute Gasteiger partial charge is 0.508 e. The molecule has 0 aliphatic carbocycles. The van der Waals surface area contributed by atoms with Gasteiger partial charge in [-0.3, -0.25) is 0 Å². The molecule has 0 fully saturated rings. The van der Waals surface area contributed by atoms with Crippen molar-refractivity contribution in [3.05, 3.63) is 23.8 Å². The SMILES string of the molecule is CC(C)(C)OC(=O)NCC(O)C(O)c1ccc(O)cc1N. The van der Waals surface area contributed by atoms with Crippen LogP contribution in [0.2, 0.25) is 0 Å². The quantitative estimate of drug-likeness (QED) is 0.526. The average Bonchev–Trinajstić information content (AvgIpc) is 2.33. The van der Waals surface area contributed by atoms with Crippen molar-refractivity contribution in [2.24, 2.45) is 0 Å². The van der Waals surface area contributed by atoms with Gasteiger partial charge in [0, 0.05) is 23.9 Å². The van der Waals surface area contributed by atoms with Crippen molar-refractivity contribution in [3.8, 4) is 5.75 Å². The van der Waals surface area contributed by atoms with Crippen LogP contribution in [0.15, 0.2) is 18.2 Å². The first kappa shape index (κ1) is 17.1. The predicted molar refractivity (Wildman–Crippen MR) is 77.7 cm³/mol. The molecule has 0 aliphatic rings. The molecule has 7 heteroatoms. The molecule has 1 rings (SSSR count). The summed E-state index contributed by atoms with van der Waals surface area (Å²) in [5.74, 6) is -0.0372. The van der Waals surface area contributed by atoms with E-state index in [2.05, 4.69) is 5.32 Å². The Bertz CT molecular complexity index is 499. The minimum atomic E-state index is -1.29. The Hall–Kier alpha value is -1.99. The summed E-state index contributed by atoms with van der Waals surface area (Å²) in [5, 5.41) is 31.5. The number of ether oxygens (including phenoxy) is 1. The maximum Gasteiger partial charge on any atom is 0.407 e. The third kappa shape index (κ3) is 5.49. The maximum atomic E-state index is 11.5. The Morgan fingerprint density at radius 3 is 2.52 bits per heavy atom. The summed E-state index contributed by atoms with van der Waals surface area (Å²) in [4.78, 5) is 11.5. The van der Waals surface area contributed by atoms with Gasteiger partial charge in [0.15, 0.2) is 0 Å². The lowest BCUT2D eigenvalue weighted by molar-refractivity contribution is 0.0133. The molecule has 1 aromatic rings. The molecular formula is C14H22N2O5. The number of anilines is 1. The van der Waals surface area contributed by atoms with Gasteiger partial charge in [-0.1, -0.05) is 6.07 Å². The first-order chi connectivity index (χ1) is 9.60. The number of carbonyl (C=O) groups is 1. The number of aliphatic hydroxyl groups is 2. The summed E-state index contributed by atoms with van der Waals surface area (Å²) in [6, 6.07) is 4.03. The van der Waals surface area contributed by atoms with Crippen molar-refractivity contribution in [3.63, 3.8) is 0 Å². The van der Waals surface area contributed by atoms with Gasteiger partial charge in [-0.15, -0.1) is 0 Å². The number of rotatable bonds is 4. The van der Waals surface area contributed by atoms with E-state index in [1.165, 1.54) is 18.2 Å². The molecule has 0 aromatic heterocycles. The summed E-state index contributed by atoms with van der Waals surface area (Å²) in [6.07, 6.45) is -3.24. The third-order valence-corrected chi connectivity index (χ3v) is 2.61. The Balaban J connectivity index is 2.59. The van der Waals surface area contributed by atoms with Crippen LogP contribution in [0.3, 0.4) is 0 Å². The summed E-state index contributed by atoms with van der Waals surface area (Å²) in [6.45, 7) is 4.95. The number of carbonyl (C=O) groups excluding carboxylic acids is 1. The molecule has 0 radical (unpaired) electrons. The van der Waals surface area contributed by atoms with E-state index in [9.17, 15) is 20.1 Å². The second-order valence-electron chi connectivity index (χ2n) is 5.71. The van der Waals surface area contributed by atoms with E-state index in [0.29, 0.717) is 0 Å². The molecule has 7 nitrogen and oxygen atoms in total. The predicted octanol–water partition coefficient (Wildman–Crippen LogP) is 0.893. The van der Waals surface area contributed by atoms with E-state index in [1.807, 2.05) is 0 Å². The highest BCUT2D eigenvalue weighted by Crippen LogP contribution is 2.26. The number of benzene rings is 1. The van der Waals surface area contributed by atoms with Gasteiger partial charge in [-0.2, -0.15) is 0 Å². The van der Waals surface area contributed by atoms with Crippen molar-refractivity contribution in [1.82, 2.24) is 5.32 Å². The Kier molecular flexibility index (Phi) is 5.40. The molecule has 0 saturated carbocycles. The number of hydrogen-bond acceptors (Lipinski definition) is 6. The summed E-state index contributed by atoms with van der Waals surface area (Å²) in [5.41, 5.74) is 5.43. The molecule has 1 amide bonds. The minimum absolute atomic E-state index is 0.0372. The van der Waals surface area contributed by atoms with Gasteiger partial charge in [0.1, 0.15) is 23.6 Å².